The number of amides is 1. The highest BCUT2D eigenvalue weighted by atomic mass is 16.5. The van der Waals surface area contributed by atoms with Crippen molar-refractivity contribution in [3.63, 3.8) is 0 Å². The monoisotopic (exact) mass is 268 g/mol. The normalized spacial score (nSPS) is 13.4. The smallest absolute Gasteiger partial charge is 0.223 e. The minimum absolute atomic E-state index is 0.00891. The molecule has 1 N–H and O–H groups in total. The minimum Gasteiger partial charge on any atom is -0.389 e. The summed E-state index contributed by atoms with van der Waals surface area (Å²) in [4.78, 5) is 13.7. The zero-order valence-corrected chi connectivity index (χ0v) is 12.6. The summed E-state index contributed by atoms with van der Waals surface area (Å²) in [6, 6.07) is 0. The minimum atomic E-state index is -0.878. The SMILES string of the molecule is Cc1noc(C)c1C(C)CC(=O)N(C)CC(C)(C)O. The molecule has 0 radical (unpaired) electrons. The van der Waals surface area contributed by atoms with Gasteiger partial charge in [-0.25, -0.2) is 0 Å². The Hall–Kier alpha value is -1.36. The van der Waals surface area contributed by atoms with Crippen molar-refractivity contribution in [1.29, 1.82) is 0 Å². The van der Waals surface area contributed by atoms with Crippen LogP contribution in [0.2, 0.25) is 0 Å². The van der Waals surface area contributed by atoms with Crippen LogP contribution >= 0.6 is 0 Å². The van der Waals surface area contributed by atoms with Crippen LogP contribution in [-0.2, 0) is 4.79 Å². The molecule has 0 fully saturated rings. The first-order valence-electron chi connectivity index (χ1n) is 6.51. The van der Waals surface area contributed by atoms with E-state index >= 15 is 0 Å². The van der Waals surface area contributed by atoms with Gasteiger partial charge in [0, 0.05) is 25.6 Å². The van der Waals surface area contributed by atoms with Crippen LogP contribution in [0.25, 0.3) is 0 Å². The summed E-state index contributed by atoms with van der Waals surface area (Å²) >= 11 is 0. The Morgan fingerprint density at radius 3 is 2.47 bits per heavy atom. The van der Waals surface area contributed by atoms with E-state index in [1.807, 2.05) is 20.8 Å². The second-order valence-corrected chi connectivity index (χ2v) is 5.91. The van der Waals surface area contributed by atoms with E-state index in [0.29, 0.717) is 13.0 Å². The second-order valence-electron chi connectivity index (χ2n) is 5.91. The third-order valence-electron chi connectivity index (χ3n) is 3.11. The Bertz CT molecular complexity index is 427. The Morgan fingerprint density at radius 2 is 2.05 bits per heavy atom. The fourth-order valence-corrected chi connectivity index (χ4v) is 2.38. The standard InChI is InChI=1S/C14H24N2O3/c1-9(13-10(2)15-19-11(13)3)7-12(17)16(6)8-14(4,5)18/h9,18H,7-8H2,1-6H3. The lowest BCUT2D eigenvalue weighted by molar-refractivity contribution is -0.132. The number of likely N-dealkylation sites (N-methyl/N-ethyl adjacent to an activating group) is 1. The van der Waals surface area contributed by atoms with Crippen molar-refractivity contribution in [2.75, 3.05) is 13.6 Å². The number of hydrogen-bond donors (Lipinski definition) is 1. The van der Waals surface area contributed by atoms with Gasteiger partial charge < -0.3 is 14.5 Å². The molecule has 108 valence electrons. The van der Waals surface area contributed by atoms with Crippen molar-refractivity contribution in [2.24, 2.45) is 0 Å². The molecule has 0 aliphatic carbocycles. The fourth-order valence-electron chi connectivity index (χ4n) is 2.38. The molecule has 5 nitrogen and oxygen atoms in total. The topological polar surface area (TPSA) is 66.6 Å². The molecule has 5 heteroatoms. The molecular weight excluding hydrogens is 244 g/mol. The van der Waals surface area contributed by atoms with Crippen LogP contribution in [0.5, 0.6) is 0 Å². The molecule has 0 saturated heterocycles. The Labute approximate surface area is 114 Å². The number of aromatic nitrogens is 1. The van der Waals surface area contributed by atoms with E-state index in [0.717, 1.165) is 17.0 Å². The highest BCUT2D eigenvalue weighted by Crippen LogP contribution is 2.26. The zero-order chi connectivity index (χ0) is 14.8. The molecule has 0 aromatic carbocycles. The van der Waals surface area contributed by atoms with E-state index in [9.17, 15) is 9.90 Å². The lowest BCUT2D eigenvalue weighted by Gasteiger charge is -2.26. The molecule has 1 atom stereocenters. The summed E-state index contributed by atoms with van der Waals surface area (Å²) in [5.74, 6) is 0.834. The Morgan fingerprint density at radius 1 is 1.47 bits per heavy atom. The van der Waals surface area contributed by atoms with Gasteiger partial charge in [-0.05, 0) is 33.6 Å². The second kappa shape index (κ2) is 5.74. The first-order chi connectivity index (χ1) is 8.61. The third-order valence-corrected chi connectivity index (χ3v) is 3.11. The van der Waals surface area contributed by atoms with Crippen LogP contribution in [-0.4, -0.2) is 40.3 Å². The predicted octanol–water partition coefficient (Wildman–Crippen LogP) is 2.01. The van der Waals surface area contributed by atoms with Crippen LogP contribution in [0, 0.1) is 13.8 Å². The lowest BCUT2D eigenvalue weighted by Crippen LogP contribution is -2.40. The molecule has 1 heterocycles. The fraction of sp³-hybridized carbons (Fsp3) is 0.714. The van der Waals surface area contributed by atoms with Gasteiger partial charge in [0.05, 0.1) is 11.3 Å². The first-order valence-corrected chi connectivity index (χ1v) is 6.51. The number of carbonyl (C=O) groups excluding carboxylic acids is 1. The van der Waals surface area contributed by atoms with E-state index < -0.39 is 5.60 Å². The highest BCUT2D eigenvalue weighted by Gasteiger charge is 2.23. The number of hydrogen-bond acceptors (Lipinski definition) is 4. The molecule has 1 aromatic rings. The van der Waals surface area contributed by atoms with Crippen LogP contribution in [0.1, 0.15) is 50.1 Å². The van der Waals surface area contributed by atoms with Gasteiger partial charge in [-0.1, -0.05) is 12.1 Å². The maximum absolute atomic E-state index is 12.1. The molecular formula is C14H24N2O3. The molecule has 1 unspecified atom stereocenters. The van der Waals surface area contributed by atoms with Crippen molar-refractivity contribution in [3.05, 3.63) is 17.0 Å². The molecule has 0 aliphatic heterocycles. The predicted molar refractivity (Wildman–Crippen MR) is 72.9 cm³/mol. The molecule has 19 heavy (non-hydrogen) atoms. The molecule has 0 aliphatic rings. The number of aryl methyl sites for hydroxylation is 2. The van der Waals surface area contributed by atoms with Gasteiger partial charge in [0.1, 0.15) is 5.76 Å². The lowest BCUT2D eigenvalue weighted by atomic mass is 9.95. The largest absolute Gasteiger partial charge is 0.389 e. The number of nitrogens with zero attached hydrogens (tertiary/aromatic N) is 2. The highest BCUT2D eigenvalue weighted by molar-refractivity contribution is 5.77. The summed E-state index contributed by atoms with van der Waals surface area (Å²) in [5.41, 5.74) is 0.962. The van der Waals surface area contributed by atoms with Gasteiger partial charge in [-0.3, -0.25) is 4.79 Å². The van der Waals surface area contributed by atoms with E-state index in [1.165, 1.54) is 0 Å². The van der Waals surface area contributed by atoms with Crippen molar-refractivity contribution in [3.8, 4) is 0 Å². The molecule has 0 saturated carbocycles. The Balaban J connectivity index is 2.67. The number of rotatable bonds is 5. The summed E-state index contributed by atoms with van der Waals surface area (Å²) < 4.78 is 5.12. The van der Waals surface area contributed by atoms with E-state index in [2.05, 4.69) is 5.16 Å². The quantitative estimate of drug-likeness (QED) is 0.887. The van der Waals surface area contributed by atoms with Crippen molar-refractivity contribution >= 4 is 5.91 Å². The van der Waals surface area contributed by atoms with E-state index in [-0.39, 0.29) is 11.8 Å². The van der Waals surface area contributed by atoms with Gasteiger partial charge in [-0.15, -0.1) is 0 Å². The van der Waals surface area contributed by atoms with Crippen LogP contribution in [0.15, 0.2) is 4.52 Å². The van der Waals surface area contributed by atoms with Crippen LogP contribution in [0.3, 0.4) is 0 Å². The molecule has 0 spiro atoms. The van der Waals surface area contributed by atoms with Crippen molar-refractivity contribution in [2.45, 2.75) is 52.6 Å². The third kappa shape index (κ3) is 4.35. The average Bonchev–Trinajstić information content (AvgIpc) is 2.55. The number of aliphatic hydroxyl groups is 1. The van der Waals surface area contributed by atoms with Gasteiger partial charge in [0.2, 0.25) is 5.91 Å². The summed E-state index contributed by atoms with van der Waals surface area (Å²) in [6.07, 6.45) is 0.384. The van der Waals surface area contributed by atoms with Crippen LogP contribution < -0.4 is 0 Å². The Kier molecular flexibility index (Phi) is 4.74. The van der Waals surface area contributed by atoms with Crippen LogP contribution in [0.4, 0.5) is 0 Å². The molecule has 1 aromatic heterocycles. The average molecular weight is 268 g/mol. The number of carbonyl (C=O) groups is 1. The maximum Gasteiger partial charge on any atom is 0.223 e. The summed E-state index contributed by atoms with van der Waals surface area (Å²) in [6.45, 7) is 9.43. The van der Waals surface area contributed by atoms with Gasteiger partial charge in [0.25, 0.3) is 0 Å². The summed E-state index contributed by atoms with van der Waals surface area (Å²) in [7, 11) is 1.71. The van der Waals surface area contributed by atoms with Gasteiger partial charge in [0.15, 0.2) is 0 Å². The first kappa shape index (κ1) is 15.7. The summed E-state index contributed by atoms with van der Waals surface area (Å²) in [5, 5.41) is 13.6. The van der Waals surface area contributed by atoms with Crippen molar-refractivity contribution < 1.29 is 14.4 Å². The van der Waals surface area contributed by atoms with Crippen molar-refractivity contribution in [1.82, 2.24) is 10.1 Å². The van der Waals surface area contributed by atoms with E-state index in [4.69, 9.17) is 4.52 Å². The van der Waals surface area contributed by atoms with Gasteiger partial charge in [-0.2, -0.15) is 0 Å². The molecule has 0 bridgehead atoms. The molecule has 1 amide bonds. The van der Waals surface area contributed by atoms with Gasteiger partial charge >= 0.3 is 0 Å². The maximum atomic E-state index is 12.1. The van der Waals surface area contributed by atoms with E-state index in [1.54, 1.807) is 25.8 Å². The zero-order valence-electron chi connectivity index (χ0n) is 12.6. The molecule has 1 rings (SSSR count).